The molecule has 7 heteroatoms. The molecule has 6 nitrogen and oxygen atoms in total. The monoisotopic (exact) mass is 395 g/mol. The molecule has 1 unspecified atom stereocenters. The SMILES string of the molecule is O=C(Cc1cc(Cl)cc(OC2CCC(=O)N2)c1)Nc1cncc2ccccc12. The van der Waals surface area contributed by atoms with Crippen molar-refractivity contribution in [2.45, 2.75) is 25.5 Å². The number of halogens is 1. The first-order valence-electron chi connectivity index (χ1n) is 8.95. The minimum absolute atomic E-state index is 0.0321. The van der Waals surface area contributed by atoms with Crippen LogP contribution in [0, 0.1) is 0 Å². The molecule has 3 aromatic rings. The number of anilines is 1. The molecule has 142 valence electrons. The summed E-state index contributed by atoms with van der Waals surface area (Å²) in [5, 5.41) is 8.00. The topological polar surface area (TPSA) is 80.3 Å². The Kier molecular flexibility index (Phi) is 5.12. The first-order valence-corrected chi connectivity index (χ1v) is 9.33. The maximum Gasteiger partial charge on any atom is 0.228 e. The van der Waals surface area contributed by atoms with Crippen LogP contribution in [0.2, 0.25) is 5.02 Å². The number of fused-ring (bicyclic) bond motifs is 1. The van der Waals surface area contributed by atoms with Crippen LogP contribution >= 0.6 is 11.6 Å². The third-order valence-corrected chi connectivity index (χ3v) is 4.69. The molecule has 0 aliphatic carbocycles. The maximum atomic E-state index is 12.6. The molecule has 0 radical (unpaired) electrons. The molecular weight excluding hydrogens is 378 g/mol. The minimum Gasteiger partial charge on any atom is -0.471 e. The molecule has 0 bridgehead atoms. The molecule has 2 heterocycles. The zero-order valence-electron chi connectivity index (χ0n) is 14.9. The molecule has 2 aromatic carbocycles. The summed E-state index contributed by atoms with van der Waals surface area (Å²) in [5.74, 6) is 0.310. The van der Waals surface area contributed by atoms with E-state index in [9.17, 15) is 9.59 Å². The van der Waals surface area contributed by atoms with E-state index < -0.39 is 0 Å². The van der Waals surface area contributed by atoms with Crippen LogP contribution in [-0.2, 0) is 16.0 Å². The van der Waals surface area contributed by atoms with Gasteiger partial charge in [0.2, 0.25) is 11.8 Å². The summed E-state index contributed by atoms with van der Waals surface area (Å²) in [6, 6.07) is 12.9. The summed E-state index contributed by atoms with van der Waals surface area (Å²) < 4.78 is 5.77. The van der Waals surface area contributed by atoms with Gasteiger partial charge in [-0.1, -0.05) is 35.9 Å². The van der Waals surface area contributed by atoms with Crippen molar-refractivity contribution in [2.24, 2.45) is 0 Å². The molecular formula is C21H18ClN3O3. The number of nitrogens with zero attached hydrogens (tertiary/aromatic N) is 1. The Morgan fingerprint density at radius 2 is 2.11 bits per heavy atom. The zero-order chi connectivity index (χ0) is 19.5. The van der Waals surface area contributed by atoms with Gasteiger partial charge in [-0.05, 0) is 23.8 Å². The molecule has 2 amide bonds. The van der Waals surface area contributed by atoms with E-state index in [1.807, 2.05) is 24.3 Å². The number of hydrogen-bond acceptors (Lipinski definition) is 4. The van der Waals surface area contributed by atoms with Crippen molar-refractivity contribution in [3.8, 4) is 5.75 Å². The van der Waals surface area contributed by atoms with Crippen LogP contribution in [0.3, 0.4) is 0 Å². The summed E-state index contributed by atoms with van der Waals surface area (Å²) in [6.07, 6.45) is 4.21. The quantitative estimate of drug-likeness (QED) is 0.690. The number of ether oxygens (including phenoxy) is 1. The Labute approximate surface area is 166 Å². The Bertz CT molecular complexity index is 1050. The van der Waals surface area contributed by atoms with Gasteiger partial charge in [0, 0.05) is 34.8 Å². The summed E-state index contributed by atoms with van der Waals surface area (Å²) >= 11 is 6.18. The first kappa shape index (κ1) is 18.3. The highest BCUT2D eigenvalue weighted by Gasteiger charge is 2.22. The fraction of sp³-hybridized carbons (Fsp3) is 0.190. The molecule has 28 heavy (non-hydrogen) atoms. The van der Waals surface area contributed by atoms with Crippen molar-refractivity contribution in [1.82, 2.24) is 10.3 Å². The second-order valence-corrected chi connectivity index (χ2v) is 7.08. The first-order chi connectivity index (χ1) is 13.6. The number of aromatic nitrogens is 1. The number of pyridine rings is 1. The van der Waals surface area contributed by atoms with Gasteiger partial charge in [0.25, 0.3) is 0 Å². The van der Waals surface area contributed by atoms with E-state index in [1.54, 1.807) is 30.6 Å². The lowest BCUT2D eigenvalue weighted by Gasteiger charge is -2.15. The summed E-state index contributed by atoms with van der Waals surface area (Å²) in [6.45, 7) is 0. The third-order valence-electron chi connectivity index (χ3n) is 4.47. The molecule has 0 saturated carbocycles. The Morgan fingerprint density at radius 3 is 2.93 bits per heavy atom. The number of carbonyl (C=O) groups excluding carboxylic acids is 2. The van der Waals surface area contributed by atoms with E-state index in [0.29, 0.717) is 29.3 Å². The van der Waals surface area contributed by atoms with Crippen LogP contribution in [0.15, 0.2) is 54.9 Å². The van der Waals surface area contributed by atoms with Gasteiger partial charge in [-0.25, -0.2) is 0 Å². The number of carbonyl (C=O) groups is 2. The van der Waals surface area contributed by atoms with Crippen molar-refractivity contribution >= 4 is 39.9 Å². The molecule has 2 N–H and O–H groups in total. The fourth-order valence-corrected chi connectivity index (χ4v) is 3.47. The van der Waals surface area contributed by atoms with E-state index in [2.05, 4.69) is 15.6 Å². The van der Waals surface area contributed by atoms with Crippen LogP contribution in [-0.4, -0.2) is 23.0 Å². The van der Waals surface area contributed by atoms with E-state index in [1.165, 1.54) is 0 Å². The van der Waals surface area contributed by atoms with Gasteiger partial charge in [0.15, 0.2) is 6.23 Å². The van der Waals surface area contributed by atoms with Gasteiger partial charge in [-0.3, -0.25) is 14.6 Å². The van der Waals surface area contributed by atoms with Crippen LogP contribution in [0.5, 0.6) is 5.75 Å². The van der Waals surface area contributed by atoms with Crippen molar-refractivity contribution in [2.75, 3.05) is 5.32 Å². The number of amides is 2. The largest absolute Gasteiger partial charge is 0.471 e. The lowest BCUT2D eigenvalue weighted by molar-refractivity contribution is -0.120. The van der Waals surface area contributed by atoms with Crippen LogP contribution in [0.4, 0.5) is 5.69 Å². The summed E-state index contributed by atoms with van der Waals surface area (Å²) in [7, 11) is 0. The summed E-state index contributed by atoms with van der Waals surface area (Å²) in [5.41, 5.74) is 1.38. The van der Waals surface area contributed by atoms with Gasteiger partial charge in [-0.15, -0.1) is 0 Å². The predicted octanol–water partition coefficient (Wildman–Crippen LogP) is 3.68. The molecule has 1 aromatic heterocycles. The molecule has 1 fully saturated rings. The average molecular weight is 396 g/mol. The van der Waals surface area contributed by atoms with Crippen molar-refractivity contribution < 1.29 is 14.3 Å². The van der Waals surface area contributed by atoms with Gasteiger partial charge in [0.05, 0.1) is 18.3 Å². The Hall–Kier alpha value is -3.12. The maximum absolute atomic E-state index is 12.6. The Balaban J connectivity index is 1.47. The third kappa shape index (κ3) is 4.23. The van der Waals surface area contributed by atoms with Crippen LogP contribution < -0.4 is 15.4 Å². The number of hydrogen-bond donors (Lipinski definition) is 2. The highest BCUT2D eigenvalue weighted by atomic mass is 35.5. The van der Waals surface area contributed by atoms with E-state index in [-0.39, 0.29) is 24.5 Å². The Morgan fingerprint density at radius 1 is 1.25 bits per heavy atom. The van der Waals surface area contributed by atoms with Crippen LogP contribution in [0.1, 0.15) is 18.4 Å². The van der Waals surface area contributed by atoms with E-state index in [0.717, 1.165) is 16.3 Å². The zero-order valence-corrected chi connectivity index (χ0v) is 15.7. The molecule has 0 spiro atoms. The van der Waals surface area contributed by atoms with Gasteiger partial charge >= 0.3 is 0 Å². The van der Waals surface area contributed by atoms with Crippen molar-refractivity contribution in [3.63, 3.8) is 0 Å². The minimum atomic E-state index is -0.366. The lowest BCUT2D eigenvalue weighted by atomic mass is 10.1. The highest BCUT2D eigenvalue weighted by Crippen LogP contribution is 2.25. The smallest absolute Gasteiger partial charge is 0.228 e. The number of nitrogens with one attached hydrogen (secondary N) is 2. The average Bonchev–Trinajstić information content (AvgIpc) is 3.06. The summed E-state index contributed by atoms with van der Waals surface area (Å²) in [4.78, 5) is 28.0. The molecule has 1 atom stereocenters. The van der Waals surface area contributed by atoms with Gasteiger partial charge < -0.3 is 15.4 Å². The van der Waals surface area contributed by atoms with Gasteiger partial charge in [-0.2, -0.15) is 0 Å². The highest BCUT2D eigenvalue weighted by molar-refractivity contribution is 6.30. The number of benzene rings is 2. The molecule has 1 aliphatic heterocycles. The van der Waals surface area contributed by atoms with Crippen molar-refractivity contribution in [1.29, 1.82) is 0 Å². The second-order valence-electron chi connectivity index (χ2n) is 6.64. The number of rotatable bonds is 5. The molecule has 1 saturated heterocycles. The standard InChI is InChI=1S/C21H18ClN3O3/c22-15-7-13(8-16(10-15)28-21-6-5-19(26)25-21)9-20(27)24-18-12-23-11-14-3-1-2-4-17(14)18/h1-4,7-8,10-12,21H,5-6,9H2,(H,24,27)(H,25,26). The lowest BCUT2D eigenvalue weighted by Crippen LogP contribution is -2.30. The van der Waals surface area contributed by atoms with E-state index >= 15 is 0 Å². The second kappa shape index (κ2) is 7.86. The van der Waals surface area contributed by atoms with Gasteiger partial charge in [0.1, 0.15) is 5.75 Å². The fourth-order valence-electron chi connectivity index (χ4n) is 3.23. The normalized spacial score (nSPS) is 16.0. The van der Waals surface area contributed by atoms with E-state index in [4.69, 9.17) is 16.3 Å². The predicted molar refractivity (Wildman–Crippen MR) is 107 cm³/mol. The molecule has 4 rings (SSSR count). The van der Waals surface area contributed by atoms with Crippen LogP contribution in [0.25, 0.3) is 10.8 Å². The van der Waals surface area contributed by atoms with Crippen molar-refractivity contribution in [3.05, 3.63) is 65.4 Å². The molecule has 1 aliphatic rings.